The van der Waals surface area contributed by atoms with Gasteiger partial charge in [0.25, 0.3) is 0 Å². The van der Waals surface area contributed by atoms with E-state index >= 15 is 0 Å². The minimum atomic E-state index is 0.496. The summed E-state index contributed by atoms with van der Waals surface area (Å²) in [7, 11) is 1.63. The van der Waals surface area contributed by atoms with Crippen LogP contribution in [0.4, 0.5) is 5.69 Å². The highest BCUT2D eigenvalue weighted by molar-refractivity contribution is 7.11. The van der Waals surface area contributed by atoms with E-state index in [2.05, 4.69) is 54.5 Å². The van der Waals surface area contributed by atoms with Crippen molar-refractivity contribution in [3.05, 3.63) is 70.7 Å². The largest absolute Gasteiger partial charge is 0.497 e. The van der Waals surface area contributed by atoms with Crippen LogP contribution in [-0.4, -0.2) is 12.1 Å². The molecule has 0 bridgehead atoms. The molecule has 1 aromatic heterocycles. The van der Waals surface area contributed by atoms with Crippen molar-refractivity contribution in [2.45, 2.75) is 20.3 Å². The van der Waals surface area contributed by atoms with Crippen LogP contribution in [0.1, 0.15) is 24.4 Å². The molecule has 1 N–H and O–H groups in total. The van der Waals surface area contributed by atoms with Gasteiger partial charge in [0, 0.05) is 28.9 Å². The van der Waals surface area contributed by atoms with E-state index in [1.54, 1.807) is 13.3 Å². The monoisotopic (exact) mass is 389 g/mol. The number of nitrogens with zero attached hydrogens (tertiary/aromatic N) is 2. The summed E-state index contributed by atoms with van der Waals surface area (Å²) in [5, 5.41) is 15.4. The quantitative estimate of drug-likeness (QED) is 0.504. The summed E-state index contributed by atoms with van der Waals surface area (Å²) in [6.45, 7) is 4.44. The molecule has 0 saturated carbocycles. The van der Waals surface area contributed by atoms with Gasteiger partial charge in [-0.1, -0.05) is 44.2 Å². The van der Waals surface area contributed by atoms with Crippen molar-refractivity contribution in [2.75, 3.05) is 12.4 Å². The van der Waals surface area contributed by atoms with E-state index in [9.17, 15) is 5.26 Å². The Hall–Kier alpha value is -3.10. The molecule has 3 aromatic rings. The van der Waals surface area contributed by atoms with Crippen molar-refractivity contribution in [3.8, 4) is 23.1 Å². The summed E-state index contributed by atoms with van der Waals surface area (Å²) >= 11 is 1.47. The lowest BCUT2D eigenvalue weighted by Crippen LogP contribution is -1.93. The molecule has 0 aliphatic heterocycles. The first-order valence-electron chi connectivity index (χ1n) is 9.15. The molecule has 3 rings (SSSR count). The first-order valence-corrected chi connectivity index (χ1v) is 10.0. The predicted molar refractivity (Wildman–Crippen MR) is 116 cm³/mol. The van der Waals surface area contributed by atoms with Gasteiger partial charge in [-0.25, -0.2) is 4.98 Å². The number of aromatic nitrogens is 1. The summed E-state index contributed by atoms with van der Waals surface area (Å²) < 4.78 is 5.22. The fourth-order valence-electron chi connectivity index (χ4n) is 2.82. The Morgan fingerprint density at radius 2 is 2.04 bits per heavy atom. The number of anilines is 1. The van der Waals surface area contributed by atoms with Gasteiger partial charge in [0.15, 0.2) is 0 Å². The molecule has 0 saturated heterocycles. The van der Waals surface area contributed by atoms with Crippen molar-refractivity contribution in [2.24, 2.45) is 5.92 Å². The number of nitriles is 1. The molecule has 0 spiro atoms. The SMILES string of the molecule is COc1cccc(N/C=C(\C#N)c2nc(-c3ccc(CC(C)C)cc3)cs2)c1. The number of hydrogen-bond donors (Lipinski definition) is 1. The molecule has 2 aromatic carbocycles. The van der Waals surface area contributed by atoms with Crippen LogP contribution in [0.2, 0.25) is 0 Å². The van der Waals surface area contributed by atoms with Crippen molar-refractivity contribution >= 4 is 22.6 Å². The standard InChI is InChI=1S/C23H23N3OS/c1-16(2)11-17-7-9-18(10-8-17)22-15-28-23(26-22)19(13-24)14-25-20-5-4-6-21(12-20)27-3/h4-10,12,14-16,25H,11H2,1-3H3/b19-14+. The molecule has 0 aliphatic rings. The minimum absolute atomic E-state index is 0.496. The van der Waals surface area contributed by atoms with Crippen molar-refractivity contribution in [3.63, 3.8) is 0 Å². The van der Waals surface area contributed by atoms with Crippen LogP contribution in [0, 0.1) is 17.2 Å². The molecular formula is C23H23N3OS. The molecule has 142 valence electrons. The number of ether oxygens (including phenoxy) is 1. The smallest absolute Gasteiger partial charge is 0.136 e. The van der Waals surface area contributed by atoms with Gasteiger partial charge in [-0.05, 0) is 30.0 Å². The molecule has 4 nitrogen and oxygen atoms in total. The molecule has 28 heavy (non-hydrogen) atoms. The Morgan fingerprint density at radius 3 is 2.71 bits per heavy atom. The van der Waals surface area contributed by atoms with E-state index in [-0.39, 0.29) is 0 Å². The third-order valence-corrected chi connectivity index (χ3v) is 5.08. The Kier molecular flexibility index (Phi) is 6.46. The first-order chi connectivity index (χ1) is 13.6. The van der Waals surface area contributed by atoms with Crippen LogP contribution in [0.15, 0.2) is 60.1 Å². The van der Waals surface area contributed by atoms with Crippen LogP contribution in [0.25, 0.3) is 16.8 Å². The maximum atomic E-state index is 9.54. The van der Waals surface area contributed by atoms with Gasteiger partial charge < -0.3 is 10.1 Å². The lowest BCUT2D eigenvalue weighted by atomic mass is 10.0. The second kappa shape index (κ2) is 9.20. The lowest BCUT2D eigenvalue weighted by Gasteiger charge is -2.05. The molecule has 0 amide bonds. The maximum Gasteiger partial charge on any atom is 0.136 e. The highest BCUT2D eigenvalue weighted by Gasteiger charge is 2.09. The second-order valence-electron chi connectivity index (χ2n) is 6.88. The zero-order valence-electron chi connectivity index (χ0n) is 16.3. The number of rotatable bonds is 7. The highest BCUT2D eigenvalue weighted by Crippen LogP contribution is 2.27. The number of thiazole rings is 1. The highest BCUT2D eigenvalue weighted by atomic mass is 32.1. The summed E-state index contributed by atoms with van der Waals surface area (Å²) in [6.07, 6.45) is 2.75. The van der Waals surface area contributed by atoms with Crippen LogP contribution >= 0.6 is 11.3 Å². The number of nitrogens with one attached hydrogen (secondary N) is 1. The average molecular weight is 390 g/mol. The van der Waals surface area contributed by atoms with Crippen molar-refractivity contribution in [1.29, 1.82) is 5.26 Å². The van der Waals surface area contributed by atoms with E-state index in [0.29, 0.717) is 16.5 Å². The molecule has 0 radical (unpaired) electrons. The molecule has 5 heteroatoms. The van der Waals surface area contributed by atoms with Crippen molar-refractivity contribution in [1.82, 2.24) is 4.98 Å². The van der Waals surface area contributed by atoms with E-state index in [4.69, 9.17) is 4.74 Å². The zero-order valence-corrected chi connectivity index (χ0v) is 17.1. The molecule has 0 atom stereocenters. The third-order valence-electron chi connectivity index (χ3n) is 4.20. The molecule has 0 unspecified atom stereocenters. The summed E-state index contributed by atoms with van der Waals surface area (Å²) in [5.74, 6) is 1.39. The Balaban J connectivity index is 1.76. The van der Waals surface area contributed by atoms with Gasteiger partial charge in [0.1, 0.15) is 22.4 Å². The van der Waals surface area contributed by atoms with Crippen LogP contribution in [0.3, 0.4) is 0 Å². The summed E-state index contributed by atoms with van der Waals surface area (Å²) in [6, 6.07) is 18.3. The van der Waals surface area contributed by atoms with Crippen LogP contribution in [-0.2, 0) is 6.42 Å². The third kappa shape index (κ3) is 4.99. The van der Waals surface area contributed by atoms with E-state index in [1.165, 1.54) is 16.9 Å². The van der Waals surface area contributed by atoms with Gasteiger partial charge >= 0.3 is 0 Å². The van der Waals surface area contributed by atoms with Crippen LogP contribution in [0.5, 0.6) is 5.75 Å². The Labute approximate surface area is 170 Å². The first kappa shape index (κ1) is 19.7. The normalized spacial score (nSPS) is 11.3. The maximum absolute atomic E-state index is 9.54. The second-order valence-corrected chi connectivity index (χ2v) is 7.74. The average Bonchev–Trinajstić information content (AvgIpc) is 3.19. The lowest BCUT2D eigenvalue weighted by molar-refractivity contribution is 0.415. The zero-order chi connectivity index (χ0) is 19.9. The predicted octanol–water partition coefficient (Wildman–Crippen LogP) is 5.99. The van der Waals surface area contributed by atoms with Crippen molar-refractivity contribution < 1.29 is 4.74 Å². The van der Waals surface area contributed by atoms with Crippen LogP contribution < -0.4 is 10.1 Å². The molecule has 0 fully saturated rings. The fraction of sp³-hybridized carbons (Fsp3) is 0.217. The summed E-state index contributed by atoms with van der Waals surface area (Å²) in [4.78, 5) is 4.65. The fourth-order valence-corrected chi connectivity index (χ4v) is 3.62. The van der Waals surface area contributed by atoms with Gasteiger partial charge in [0.05, 0.1) is 12.8 Å². The number of benzene rings is 2. The Morgan fingerprint density at radius 1 is 1.25 bits per heavy atom. The van der Waals surface area contributed by atoms with Gasteiger partial charge in [-0.2, -0.15) is 5.26 Å². The van der Waals surface area contributed by atoms with E-state index in [1.807, 2.05) is 29.6 Å². The molecule has 1 heterocycles. The topological polar surface area (TPSA) is 57.9 Å². The van der Waals surface area contributed by atoms with Gasteiger partial charge in [-0.3, -0.25) is 0 Å². The van der Waals surface area contributed by atoms with E-state index in [0.717, 1.165) is 29.1 Å². The number of methoxy groups -OCH3 is 1. The number of hydrogen-bond acceptors (Lipinski definition) is 5. The Bertz CT molecular complexity index is 997. The van der Waals surface area contributed by atoms with E-state index < -0.39 is 0 Å². The number of allylic oxidation sites excluding steroid dienone is 1. The minimum Gasteiger partial charge on any atom is -0.497 e. The van der Waals surface area contributed by atoms with Gasteiger partial charge in [-0.15, -0.1) is 11.3 Å². The van der Waals surface area contributed by atoms with Gasteiger partial charge in [0.2, 0.25) is 0 Å². The molecular weight excluding hydrogens is 366 g/mol. The molecule has 0 aliphatic carbocycles. The summed E-state index contributed by atoms with van der Waals surface area (Å²) in [5.41, 5.74) is 4.63.